The minimum absolute atomic E-state index is 0.0656. The van der Waals surface area contributed by atoms with Gasteiger partial charge in [0.1, 0.15) is 11.5 Å². The topological polar surface area (TPSA) is 116 Å². The van der Waals surface area contributed by atoms with E-state index in [-0.39, 0.29) is 18.4 Å². The van der Waals surface area contributed by atoms with E-state index in [2.05, 4.69) is 4.99 Å². The fourth-order valence-corrected chi connectivity index (χ4v) is 3.55. The van der Waals surface area contributed by atoms with E-state index < -0.39 is 23.3 Å². The lowest BCUT2D eigenvalue weighted by molar-refractivity contribution is -0.137. The van der Waals surface area contributed by atoms with Gasteiger partial charge in [0, 0.05) is 6.04 Å². The maximum absolute atomic E-state index is 13.3. The van der Waals surface area contributed by atoms with Crippen molar-refractivity contribution in [3.8, 4) is 5.75 Å². The Morgan fingerprint density at radius 3 is 2.64 bits per heavy atom. The molecular weight excluding hydrogens is 426 g/mol. The third kappa shape index (κ3) is 4.77. The van der Waals surface area contributed by atoms with E-state index >= 15 is 0 Å². The second-order valence-electron chi connectivity index (χ2n) is 7.44. The number of hydrogen-bond donors (Lipinski definition) is 1. The largest absolute Gasteiger partial charge is 0.481 e. The minimum Gasteiger partial charge on any atom is -0.481 e. The predicted octanol–water partition coefficient (Wildman–Crippen LogP) is 3.58. The summed E-state index contributed by atoms with van der Waals surface area (Å²) in [5.74, 6) is 0.0254. The zero-order valence-corrected chi connectivity index (χ0v) is 17.7. The highest BCUT2D eigenvalue weighted by Crippen LogP contribution is 2.20. The number of rotatable bonds is 8. The summed E-state index contributed by atoms with van der Waals surface area (Å²) >= 11 is 0. The molecule has 1 N–H and O–H groups in total. The molecule has 168 valence electrons. The molecule has 0 spiro atoms. The number of carboxylic acid groups (broad SMARTS) is 1. The third-order valence-electron chi connectivity index (χ3n) is 5.10. The van der Waals surface area contributed by atoms with Crippen LogP contribution in [0.1, 0.15) is 25.1 Å². The average Bonchev–Trinajstić information content (AvgIpc) is 3.30. The molecular formula is C24H21N3O6. The average molecular weight is 447 g/mol. The van der Waals surface area contributed by atoms with Gasteiger partial charge in [0.15, 0.2) is 6.40 Å². The van der Waals surface area contributed by atoms with Gasteiger partial charge in [-0.25, -0.2) is 9.79 Å². The van der Waals surface area contributed by atoms with Crippen LogP contribution in [0.25, 0.3) is 10.9 Å². The first-order valence-corrected chi connectivity index (χ1v) is 10.2. The quantitative estimate of drug-likeness (QED) is 0.326. The fraction of sp³-hybridized carbons (Fsp3) is 0.167. The van der Waals surface area contributed by atoms with Gasteiger partial charge >= 0.3 is 11.7 Å². The highest BCUT2D eigenvalue weighted by atomic mass is 16.5. The van der Waals surface area contributed by atoms with E-state index in [4.69, 9.17) is 14.3 Å². The minimum atomic E-state index is -1.10. The lowest BCUT2D eigenvalue weighted by Crippen LogP contribution is -2.42. The Labute approximate surface area is 187 Å². The molecule has 0 aliphatic rings. The maximum Gasteiger partial charge on any atom is 0.332 e. The van der Waals surface area contributed by atoms with Crippen LogP contribution < -0.4 is 16.0 Å². The molecule has 0 bridgehead atoms. The number of para-hydroxylation sites is 1. The van der Waals surface area contributed by atoms with Crippen molar-refractivity contribution in [3.63, 3.8) is 0 Å². The van der Waals surface area contributed by atoms with Crippen molar-refractivity contribution in [2.75, 3.05) is 0 Å². The van der Waals surface area contributed by atoms with E-state index in [0.29, 0.717) is 22.7 Å². The fourth-order valence-electron chi connectivity index (χ4n) is 3.55. The Balaban J connectivity index is 1.81. The number of nitrogens with zero attached hydrogens (tertiary/aromatic N) is 3. The predicted molar refractivity (Wildman–Crippen MR) is 122 cm³/mol. The van der Waals surface area contributed by atoms with Gasteiger partial charge in [0.25, 0.3) is 5.56 Å². The second-order valence-corrected chi connectivity index (χ2v) is 7.44. The number of aromatic nitrogens is 2. The molecule has 9 nitrogen and oxygen atoms in total. The molecule has 0 radical (unpaired) electrons. The lowest BCUT2D eigenvalue weighted by Gasteiger charge is -2.17. The molecule has 0 unspecified atom stereocenters. The molecule has 2 aromatic heterocycles. The summed E-state index contributed by atoms with van der Waals surface area (Å²) in [6, 6.07) is 16.5. The van der Waals surface area contributed by atoms with Crippen molar-refractivity contribution in [2.45, 2.75) is 25.9 Å². The Hall–Kier alpha value is -4.40. The first-order valence-electron chi connectivity index (χ1n) is 10.2. The van der Waals surface area contributed by atoms with Crippen LogP contribution in [0.4, 0.5) is 5.69 Å². The van der Waals surface area contributed by atoms with Crippen molar-refractivity contribution in [2.24, 2.45) is 4.99 Å². The van der Waals surface area contributed by atoms with Crippen LogP contribution in [-0.4, -0.2) is 26.6 Å². The summed E-state index contributed by atoms with van der Waals surface area (Å²) < 4.78 is 13.2. The van der Waals surface area contributed by atoms with Crippen molar-refractivity contribution in [1.29, 1.82) is 0 Å². The molecule has 0 fully saturated rings. The van der Waals surface area contributed by atoms with Crippen LogP contribution in [-0.2, 0) is 11.3 Å². The normalized spacial score (nSPS) is 12.3. The van der Waals surface area contributed by atoms with Crippen molar-refractivity contribution < 1.29 is 19.1 Å². The van der Waals surface area contributed by atoms with Crippen molar-refractivity contribution in [3.05, 3.63) is 93.5 Å². The molecule has 4 aromatic rings. The Bertz CT molecular complexity index is 1420. The van der Waals surface area contributed by atoms with Crippen LogP contribution in [0.2, 0.25) is 0 Å². The van der Waals surface area contributed by atoms with Crippen molar-refractivity contribution in [1.82, 2.24) is 9.13 Å². The van der Waals surface area contributed by atoms with Gasteiger partial charge in [-0.2, -0.15) is 0 Å². The highest BCUT2D eigenvalue weighted by Gasteiger charge is 2.20. The summed E-state index contributed by atoms with van der Waals surface area (Å²) in [5.41, 5.74) is -0.355. The molecule has 33 heavy (non-hydrogen) atoms. The Kier molecular flexibility index (Phi) is 6.21. The number of carbonyl (C=O) groups is 1. The van der Waals surface area contributed by atoms with Gasteiger partial charge < -0.3 is 14.3 Å². The first-order chi connectivity index (χ1) is 15.9. The molecule has 2 aromatic carbocycles. The van der Waals surface area contributed by atoms with Crippen LogP contribution in [0, 0.1) is 0 Å². The van der Waals surface area contributed by atoms with Crippen LogP contribution in [0.15, 0.2) is 85.9 Å². The molecule has 0 saturated heterocycles. The van der Waals surface area contributed by atoms with Crippen LogP contribution in [0.5, 0.6) is 5.75 Å². The number of aliphatic carboxylic acids is 1. The van der Waals surface area contributed by atoms with Crippen LogP contribution >= 0.6 is 0 Å². The SMILES string of the molecule is C[C@H](CC(=O)O)n1c(=O)c2ccc(/N=C/Oc3ccccc3)cc2n(Cc2ccco2)c1=O. The lowest BCUT2D eigenvalue weighted by atomic mass is 10.2. The number of fused-ring (bicyclic) bond motifs is 1. The zero-order chi connectivity index (χ0) is 23.4. The van der Waals surface area contributed by atoms with Gasteiger partial charge in [0.05, 0.1) is 35.8 Å². The van der Waals surface area contributed by atoms with E-state index in [1.54, 1.807) is 42.5 Å². The standard InChI is InChI=1S/C24H21N3O6/c1-16(12-22(28)29)27-23(30)20-10-9-17(25-15-33-18-6-3-2-4-7-18)13-21(20)26(24(27)31)14-19-8-5-11-32-19/h2-11,13,15-16H,12,14H2,1H3,(H,28,29)/b25-15+/t16-/m1/s1. The second kappa shape index (κ2) is 9.39. The monoisotopic (exact) mass is 447 g/mol. The summed E-state index contributed by atoms with van der Waals surface area (Å²) in [6.07, 6.45) is 2.41. The van der Waals surface area contributed by atoms with E-state index in [9.17, 15) is 14.4 Å². The number of hydrogen-bond acceptors (Lipinski definition) is 6. The van der Waals surface area contributed by atoms with E-state index in [1.807, 2.05) is 18.2 Å². The maximum atomic E-state index is 13.3. The number of carboxylic acids is 1. The number of aliphatic imine (C=N–C) groups is 1. The molecule has 0 aliphatic carbocycles. The molecule has 0 aliphatic heterocycles. The Morgan fingerprint density at radius 2 is 1.94 bits per heavy atom. The van der Waals surface area contributed by atoms with Crippen molar-refractivity contribution >= 4 is 29.0 Å². The summed E-state index contributed by atoms with van der Waals surface area (Å²) in [5, 5.41) is 9.42. The molecule has 4 rings (SSSR count). The first kappa shape index (κ1) is 21.8. The van der Waals surface area contributed by atoms with Crippen LogP contribution in [0.3, 0.4) is 0 Å². The van der Waals surface area contributed by atoms with Gasteiger partial charge in [-0.05, 0) is 49.4 Å². The van der Waals surface area contributed by atoms with Gasteiger partial charge in [-0.3, -0.25) is 18.7 Å². The smallest absolute Gasteiger partial charge is 0.332 e. The van der Waals surface area contributed by atoms with Gasteiger partial charge in [0.2, 0.25) is 0 Å². The number of furan rings is 1. The van der Waals surface area contributed by atoms with E-state index in [1.165, 1.54) is 24.2 Å². The highest BCUT2D eigenvalue weighted by molar-refractivity contribution is 5.82. The zero-order valence-electron chi connectivity index (χ0n) is 17.7. The Morgan fingerprint density at radius 1 is 1.15 bits per heavy atom. The molecule has 0 saturated carbocycles. The third-order valence-corrected chi connectivity index (χ3v) is 5.10. The van der Waals surface area contributed by atoms with Gasteiger partial charge in [-0.15, -0.1) is 0 Å². The summed E-state index contributed by atoms with van der Waals surface area (Å²) in [7, 11) is 0. The summed E-state index contributed by atoms with van der Waals surface area (Å²) in [4.78, 5) is 41.9. The molecule has 0 amide bonds. The van der Waals surface area contributed by atoms with Gasteiger partial charge in [-0.1, -0.05) is 18.2 Å². The molecule has 9 heteroatoms. The van der Waals surface area contributed by atoms with E-state index in [0.717, 1.165) is 4.57 Å². The molecule has 2 heterocycles. The number of ether oxygens (including phenoxy) is 1. The summed E-state index contributed by atoms with van der Waals surface area (Å²) in [6.45, 7) is 1.59. The molecule has 1 atom stereocenters. The number of benzene rings is 2.